The molecule has 0 heterocycles. The van der Waals surface area contributed by atoms with Crippen LogP contribution in [0.3, 0.4) is 0 Å². The van der Waals surface area contributed by atoms with Crippen LogP contribution in [0.25, 0.3) is 0 Å². The van der Waals surface area contributed by atoms with Crippen molar-refractivity contribution in [3.8, 4) is 17.6 Å². The zero-order valence-corrected chi connectivity index (χ0v) is 15.2. The van der Waals surface area contributed by atoms with Gasteiger partial charge >= 0.3 is 0 Å². The summed E-state index contributed by atoms with van der Waals surface area (Å²) in [5.74, 6) is 7.71. The number of rotatable bonds is 8. The van der Waals surface area contributed by atoms with Crippen molar-refractivity contribution >= 4 is 0 Å². The molecule has 2 rings (SSSR count). The van der Waals surface area contributed by atoms with Crippen LogP contribution in [0.4, 0.5) is 0 Å². The highest BCUT2D eigenvalue weighted by Crippen LogP contribution is 2.29. The van der Waals surface area contributed by atoms with Crippen molar-refractivity contribution in [3.05, 3.63) is 65.7 Å². The lowest BCUT2D eigenvalue weighted by Gasteiger charge is -2.22. The quantitative estimate of drug-likeness (QED) is 0.542. The molecular formula is C23H28O2. The van der Waals surface area contributed by atoms with E-state index in [1.165, 1.54) is 12.8 Å². The summed E-state index contributed by atoms with van der Waals surface area (Å²) in [6.07, 6.45) is 4.49. The van der Waals surface area contributed by atoms with E-state index in [9.17, 15) is 5.11 Å². The second-order valence-electron chi connectivity index (χ2n) is 6.32. The molecule has 0 amide bonds. The maximum atomic E-state index is 9.96. The van der Waals surface area contributed by atoms with E-state index in [1.807, 2.05) is 42.5 Å². The Morgan fingerprint density at radius 1 is 1.00 bits per heavy atom. The summed E-state index contributed by atoms with van der Waals surface area (Å²) >= 11 is 0. The Morgan fingerprint density at radius 2 is 1.72 bits per heavy atom. The van der Waals surface area contributed by atoms with Crippen LogP contribution in [0.15, 0.2) is 54.6 Å². The maximum absolute atomic E-state index is 9.96. The number of benzene rings is 2. The fourth-order valence-electron chi connectivity index (χ4n) is 2.99. The van der Waals surface area contributed by atoms with Crippen LogP contribution in [0, 0.1) is 17.8 Å². The molecule has 0 aliphatic carbocycles. The average Bonchev–Trinajstić information content (AvgIpc) is 2.68. The van der Waals surface area contributed by atoms with Crippen LogP contribution in [-0.4, -0.2) is 18.8 Å². The highest BCUT2D eigenvalue weighted by molar-refractivity contribution is 5.39. The van der Waals surface area contributed by atoms with Crippen LogP contribution < -0.4 is 4.74 Å². The first kappa shape index (κ1) is 19.1. The summed E-state index contributed by atoms with van der Waals surface area (Å²) < 4.78 is 5.26. The Balaban J connectivity index is 2.27. The minimum atomic E-state index is 0.0213. The van der Waals surface area contributed by atoms with Gasteiger partial charge in [-0.1, -0.05) is 68.4 Å². The van der Waals surface area contributed by atoms with Crippen molar-refractivity contribution in [2.24, 2.45) is 5.92 Å². The van der Waals surface area contributed by atoms with Crippen molar-refractivity contribution < 1.29 is 9.84 Å². The topological polar surface area (TPSA) is 29.5 Å². The Morgan fingerprint density at radius 3 is 2.32 bits per heavy atom. The molecule has 0 unspecified atom stereocenters. The van der Waals surface area contributed by atoms with E-state index >= 15 is 0 Å². The van der Waals surface area contributed by atoms with Crippen molar-refractivity contribution in [1.82, 2.24) is 0 Å². The number of unbranched alkanes of at least 4 members (excludes halogenated alkanes) is 2. The third kappa shape index (κ3) is 5.96. The summed E-state index contributed by atoms with van der Waals surface area (Å²) in [5.41, 5.74) is 2.14. The predicted molar refractivity (Wildman–Crippen MR) is 104 cm³/mol. The monoisotopic (exact) mass is 336 g/mol. The van der Waals surface area contributed by atoms with Crippen LogP contribution in [0.2, 0.25) is 0 Å². The van der Waals surface area contributed by atoms with E-state index in [-0.39, 0.29) is 18.4 Å². The molecule has 132 valence electrons. The van der Waals surface area contributed by atoms with Gasteiger partial charge in [0, 0.05) is 12.2 Å². The van der Waals surface area contributed by atoms with Crippen LogP contribution in [-0.2, 0) is 0 Å². The number of ether oxygens (including phenoxy) is 1. The first-order valence-corrected chi connectivity index (χ1v) is 9.09. The normalized spacial score (nSPS) is 12.8. The molecule has 2 aromatic rings. The minimum Gasteiger partial charge on any atom is -0.497 e. The second kappa shape index (κ2) is 10.6. The van der Waals surface area contributed by atoms with E-state index in [1.54, 1.807) is 7.11 Å². The number of methoxy groups -OCH3 is 1. The second-order valence-corrected chi connectivity index (χ2v) is 6.32. The molecule has 2 atom stereocenters. The molecule has 0 saturated carbocycles. The first-order valence-electron chi connectivity index (χ1n) is 9.09. The predicted octanol–water partition coefficient (Wildman–Crippen LogP) is 5.02. The third-order valence-electron chi connectivity index (χ3n) is 4.51. The van der Waals surface area contributed by atoms with Crippen molar-refractivity contribution in [2.45, 2.75) is 38.5 Å². The number of aliphatic hydroxyl groups excluding tert-OH is 1. The molecule has 0 spiro atoms. The zero-order chi connectivity index (χ0) is 17.9. The Kier molecular flexibility index (Phi) is 8.09. The number of hydrogen-bond donors (Lipinski definition) is 1. The standard InChI is InChI=1S/C23H28O2/c1-3-4-6-11-21(18-24)23(17-12-19-9-7-5-8-10-19)20-13-15-22(25-2)16-14-20/h5,7-10,13-16,21,23-24H,3-4,6,11,18H2,1-2H3/t21-,23-/m0/s1. The van der Waals surface area contributed by atoms with Gasteiger partial charge in [0.05, 0.1) is 13.0 Å². The maximum Gasteiger partial charge on any atom is 0.118 e. The van der Waals surface area contributed by atoms with Crippen LogP contribution in [0.5, 0.6) is 5.75 Å². The highest BCUT2D eigenvalue weighted by atomic mass is 16.5. The van der Waals surface area contributed by atoms with Gasteiger partial charge in [0.2, 0.25) is 0 Å². The number of hydrogen-bond acceptors (Lipinski definition) is 2. The zero-order valence-electron chi connectivity index (χ0n) is 15.2. The molecule has 0 fully saturated rings. The van der Waals surface area contributed by atoms with Gasteiger partial charge in [0.1, 0.15) is 5.75 Å². The van der Waals surface area contributed by atoms with E-state index in [2.05, 4.69) is 30.9 Å². The molecule has 0 saturated heterocycles. The Hall–Kier alpha value is -2.24. The molecule has 2 heteroatoms. The smallest absolute Gasteiger partial charge is 0.118 e. The fraction of sp³-hybridized carbons (Fsp3) is 0.391. The molecule has 0 aromatic heterocycles. The van der Waals surface area contributed by atoms with Crippen molar-refractivity contribution in [3.63, 3.8) is 0 Å². The van der Waals surface area contributed by atoms with E-state index in [0.717, 1.165) is 29.7 Å². The molecule has 25 heavy (non-hydrogen) atoms. The van der Waals surface area contributed by atoms with E-state index in [4.69, 9.17) is 4.74 Å². The van der Waals surface area contributed by atoms with Gasteiger partial charge in [0.15, 0.2) is 0 Å². The van der Waals surface area contributed by atoms with Gasteiger partial charge in [0.25, 0.3) is 0 Å². The van der Waals surface area contributed by atoms with Crippen LogP contribution in [0.1, 0.15) is 49.7 Å². The lowest BCUT2D eigenvalue weighted by atomic mass is 9.83. The first-order chi connectivity index (χ1) is 12.3. The van der Waals surface area contributed by atoms with E-state index in [0.29, 0.717) is 0 Å². The highest BCUT2D eigenvalue weighted by Gasteiger charge is 2.20. The summed E-state index contributed by atoms with van der Waals surface area (Å²) in [6.45, 7) is 2.36. The Labute approximate surface area is 151 Å². The largest absolute Gasteiger partial charge is 0.497 e. The molecular weight excluding hydrogens is 308 g/mol. The molecule has 0 radical (unpaired) electrons. The lowest BCUT2D eigenvalue weighted by molar-refractivity contribution is 0.206. The molecule has 0 aliphatic heterocycles. The van der Waals surface area contributed by atoms with Gasteiger partial charge in [-0.05, 0) is 42.2 Å². The summed E-state index contributed by atoms with van der Waals surface area (Å²) in [4.78, 5) is 0. The third-order valence-corrected chi connectivity index (χ3v) is 4.51. The number of aliphatic hydroxyl groups is 1. The average molecular weight is 336 g/mol. The van der Waals surface area contributed by atoms with Gasteiger partial charge in [-0.3, -0.25) is 0 Å². The van der Waals surface area contributed by atoms with Crippen molar-refractivity contribution in [1.29, 1.82) is 0 Å². The summed E-state index contributed by atoms with van der Waals surface area (Å²) in [7, 11) is 1.67. The Bertz CT molecular complexity index is 665. The fourth-order valence-corrected chi connectivity index (χ4v) is 2.99. The van der Waals surface area contributed by atoms with Crippen LogP contribution >= 0.6 is 0 Å². The van der Waals surface area contributed by atoms with Crippen molar-refractivity contribution in [2.75, 3.05) is 13.7 Å². The molecule has 0 aliphatic rings. The molecule has 0 bridgehead atoms. The SMILES string of the molecule is CCCCC[C@@H](CO)[C@@H](C#Cc1ccccc1)c1ccc(OC)cc1. The van der Waals surface area contributed by atoms with Gasteiger partial charge in [-0.2, -0.15) is 0 Å². The molecule has 2 nitrogen and oxygen atoms in total. The van der Waals surface area contributed by atoms with Gasteiger partial charge in [-0.15, -0.1) is 0 Å². The van der Waals surface area contributed by atoms with Gasteiger partial charge < -0.3 is 9.84 Å². The lowest BCUT2D eigenvalue weighted by Crippen LogP contribution is -2.16. The minimum absolute atomic E-state index is 0.0213. The molecule has 2 aromatic carbocycles. The van der Waals surface area contributed by atoms with Gasteiger partial charge in [-0.25, -0.2) is 0 Å². The summed E-state index contributed by atoms with van der Waals surface area (Å²) in [5, 5.41) is 9.96. The summed E-state index contributed by atoms with van der Waals surface area (Å²) in [6, 6.07) is 18.1. The molecule has 1 N–H and O–H groups in total. The van der Waals surface area contributed by atoms with E-state index < -0.39 is 0 Å².